The molecule has 1 aliphatic heterocycles. The van der Waals surface area contributed by atoms with Gasteiger partial charge < -0.3 is 24.8 Å². The number of phenolic OH excluding ortho intramolecular Hbond substituents is 3. The fraction of sp³-hybridized carbons (Fsp3) is 0.333. The Balaban J connectivity index is 2.15. The van der Waals surface area contributed by atoms with Gasteiger partial charge in [0.2, 0.25) is 0 Å². The largest absolute Gasteiger partial charge is 0.508 e. The van der Waals surface area contributed by atoms with Gasteiger partial charge in [-0.1, -0.05) is 13.0 Å². The summed E-state index contributed by atoms with van der Waals surface area (Å²) in [7, 11) is 0. The normalized spacial score (nSPS) is 18.0. The highest BCUT2D eigenvalue weighted by atomic mass is 16.6. The third-order valence-corrected chi connectivity index (χ3v) is 6.06. The minimum Gasteiger partial charge on any atom is -0.508 e. The van der Waals surface area contributed by atoms with E-state index >= 15 is 0 Å². The molecule has 7 nitrogen and oxygen atoms in total. The molecule has 31 heavy (non-hydrogen) atoms. The van der Waals surface area contributed by atoms with Crippen molar-refractivity contribution in [2.75, 3.05) is 0 Å². The SMILES string of the molecule is CC=C(C)c1cc(O)c(C)c(O)c1C(=O)Oc1cc2c(c(O)c1C)C(=O)OC2(C)CC. The number of hydrogen-bond donors (Lipinski definition) is 3. The van der Waals surface area contributed by atoms with E-state index in [-0.39, 0.29) is 45.3 Å². The van der Waals surface area contributed by atoms with E-state index in [0.29, 0.717) is 23.1 Å². The smallest absolute Gasteiger partial charge is 0.347 e. The maximum Gasteiger partial charge on any atom is 0.347 e. The van der Waals surface area contributed by atoms with Crippen molar-refractivity contribution in [1.82, 2.24) is 0 Å². The van der Waals surface area contributed by atoms with Gasteiger partial charge in [-0.15, -0.1) is 0 Å². The van der Waals surface area contributed by atoms with E-state index in [4.69, 9.17) is 9.47 Å². The van der Waals surface area contributed by atoms with Gasteiger partial charge in [0.15, 0.2) is 0 Å². The molecule has 3 rings (SSSR count). The van der Waals surface area contributed by atoms with Gasteiger partial charge >= 0.3 is 11.9 Å². The Morgan fingerprint density at radius 3 is 2.39 bits per heavy atom. The average Bonchev–Trinajstić information content (AvgIpc) is 2.99. The summed E-state index contributed by atoms with van der Waals surface area (Å²) in [5, 5.41) is 31.3. The Morgan fingerprint density at radius 1 is 1.16 bits per heavy atom. The molecular formula is C24H26O7. The lowest BCUT2D eigenvalue weighted by Crippen LogP contribution is -2.20. The molecule has 2 aromatic rings. The minimum absolute atomic E-state index is 0.0495. The Hall–Kier alpha value is -3.48. The van der Waals surface area contributed by atoms with Crippen molar-refractivity contribution in [3.05, 3.63) is 51.6 Å². The zero-order valence-corrected chi connectivity index (χ0v) is 18.4. The highest BCUT2D eigenvalue weighted by Crippen LogP contribution is 2.47. The topological polar surface area (TPSA) is 113 Å². The van der Waals surface area contributed by atoms with Crippen molar-refractivity contribution in [2.45, 2.75) is 53.6 Å². The van der Waals surface area contributed by atoms with E-state index in [9.17, 15) is 24.9 Å². The van der Waals surface area contributed by atoms with Crippen LogP contribution in [0.3, 0.4) is 0 Å². The van der Waals surface area contributed by atoms with Crippen molar-refractivity contribution in [1.29, 1.82) is 0 Å². The van der Waals surface area contributed by atoms with E-state index in [1.165, 1.54) is 26.0 Å². The molecule has 3 N–H and O–H groups in total. The first kappa shape index (κ1) is 22.2. The van der Waals surface area contributed by atoms with Crippen molar-refractivity contribution >= 4 is 17.5 Å². The van der Waals surface area contributed by atoms with Gasteiger partial charge in [0, 0.05) is 16.7 Å². The minimum atomic E-state index is -0.956. The summed E-state index contributed by atoms with van der Waals surface area (Å²) in [5.74, 6) is -2.28. The molecule has 164 valence electrons. The molecule has 0 amide bonds. The third-order valence-electron chi connectivity index (χ3n) is 6.06. The average molecular weight is 426 g/mol. The first-order valence-corrected chi connectivity index (χ1v) is 9.98. The predicted octanol–water partition coefficient (Wildman–Crippen LogP) is 4.86. The molecule has 0 aromatic heterocycles. The number of ether oxygens (including phenoxy) is 2. The molecule has 0 saturated heterocycles. The molecule has 1 atom stereocenters. The van der Waals surface area contributed by atoms with Gasteiger partial charge in [-0.05, 0) is 64.3 Å². The van der Waals surface area contributed by atoms with Gasteiger partial charge in [-0.3, -0.25) is 0 Å². The molecule has 1 heterocycles. The van der Waals surface area contributed by atoms with Crippen LogP contribution < -0.4 is 4.74 Å². The van der Waals surface area contributed by atoms with Crippen LogP contribution in [-0.2, 0) is 10.3 Å². The Morgan fingerprint density at radius 2 is 1.81 bits per heavy atom. The number of fused-ring (bicyclic) bond motifs is 1. The van der Waals surface area contributed by atoms with Crippen molar-refractivity contribution in [3.63, 3.8) is 0 Å². The highest BCUT2D eigenvalue weighted by Gasteiger charge is 2.43. The van der Waals surface area contributed by atoms with E-state index in [0.717, 1.165) is 0 Å². The van der Waals surface area contributed by atoms with Crippen LogP contribution in [0.2, 0.25) is 0 Å². The number of esters is 2. The predicted molar refractivity (Wildman–Crippen MR) is 115 cm³/mol. The van der Waals surface area contributed by atoms with Gasteiger partial charge in [0.1, 0.15) is 39.7 Å². The van der Waals surface area contributed by atoms with Crippen molar-refractivity contribution in [3.8, 4) is 23.0 Å². The molecular weight excluding hydrogens is 400 g/mol. The van der Waals surface area contributed by atoms with Gasteiger partial charge in [0.25, 0.3) is 0 Å². The molecule has 7 heteroatoms. The summed E-state index contributed by atoms with van der Waals surface area (Å²) < 4.78 is 11.0. The highest BCUT2D eigenvalue weighted by molar-refractivity contribution is 6.01. The van der Waals surface area contributed by atoms with Crippen LogP contribution in [-0.4, -0.2) is 27.3 Å². The summed E-state index contributed by atoms with van der Waals surface area (Å²) in [6, 6.07) is 2.91. The van der Waals surface area contributed by atoms with Crippen LogP contribution in [0.25, 0.3) is 5.57 Å². The van der Waals surface area contributed by atoms with E-state index in [2.05, 4.69) is 0 Å². The number of rotatable bonds is 4. The lowest BCUT2D eigenvalue weighted by molar-refractivity contribution is -0.000929. The summed E-state index contributed by atoms with van der Waals surface area (Å²) in [6.07, 6.45) is 2.20. The molecule has 0 fully saturated rings. The number of allylic oxidation sites excluding steroid dienone is 2. The molecule has 1 aliphatic rings. The Bertz CT molecular complexity index is 1140. The number of cyclic esters (lactones) is 1. The summed E-state index contributed by atoms with van der Waals surface area (Å²) >= 11 is 0. The molecule has 0 bridgehead atoms. The fourth-order valence-corrected chi connectivity index (χ4v) is 3.62. The lowest BCUT2D eigenvalue weighted by Gasteiger charge is -2.22. The van der Waals surface area contributed by atoms with E-state index < -0.39 is 17.5 Å². The Kier molecular flexibility index (Phi) is 5.48. The maximum atomic E-state index is 13.1. The second-order valence-corrected chi connectivity index (χ2v) is 7.90. The molecule has 0 saturated carbocycles. The summed E-state index contributed by atoms with van der Waals surface area (Å²) in [6.45, 7) is 10.1. The molecule has 0 spiro atoms. The van der Waals surface area contributed by atoms with E-state index in [1.807, 2.05) is 6.92 Å². The van der Waals surface area contributed by atoms with Gasteiger partial charge in [0.05, 0.1) is 0 Å². The standard InChI is InChI=1S/C24H26O7/c1-7-11(3)14-9-16(25)12(4)20(26)18(14)22(28)30-17-10-15-19(21(27)13(17)5)23(29)31-24(15,6)8-2/h7,9-10,25-27H,8H2,1-6H3. The van der Waals surface area contributed by atoms with Crippen LogP contribution in [0.4, 0.5) is 0 Å². The summed E-state index contributed by atoms with van der Waals surface area (Å²) in [5.41, 5.74) is 0.766. The van der Waals surface area contributed by atoms with E-state index in [1.54, 1.807) is 26.8 Å². The van der Waals surface area contributed by atoms with Crippen LogP contribution in [0.1, 0.15) is 77.1 Å². The second-order valence-electron chi connectivity index (χ2n) is 7.90. The van der Waals surface area contributed by atoms with Gasteiger partial charge in [-0.2, -0.15) is 0 Å². The monoisotopic (exact) mass is 426 g/mol. The third kappa shape index (κ3) is 3.40. The van der Waals surface area contributed by atoms with Crippen molar-refractivity contribution in [2.24, 2.45) is 0 Å². The summed E-state index contributed by atoms with van der Waals surface area (Å²) in [4.78, 5) is 25.4. The van der Waals surface area contributed by atoms with Gasteiger partial charge in [-0.25, -0.2) is 9.59 Å². The number of phenols is 3. The zero-order valence-electron chi connectivity index (χ0n) is 18.4. The molecule has 2 aromatic carbocycles. The molecule has 0 aliphatic carbocycles. The molecule has 1 unspecified atom stereocenters. The van der Waals surface area contributed by atoms with Crippen LogP contribution in [0.5, 0.6) is 23.0 Å². The quantitative estimate of drug-likeness (QED) is 0.473. The number of carbonyl (C=O) groups is 2. The second kappa shape index (κ2) is 7.65. The first-order valence-electron chi connectivity index (χ1n) is 9.98. The zero-order chi connectivity index (χ0) is 23.2. The number of hydrogen-bond acceptors (Lipinski definition) is 7. The molecule has 0 radical (unpaired) electrons. The number of aromatic hydroxyl groups is 3. The Labute approximate surface area is 180 Å². The number of benzene rings is 2. The number of carbonyl (C=O) groups excluding carboxylic acids is 2. The lowest BCUT2D eigenvalue weighted by atomic mass is 9.90. The van der Waals surface area contributed by atoms with Crippen LogP contribution >= 0.6 is 0 Å². The first-order chi connectivity index (χ1) is 14.5. The van der Waals surface area contributed by atoms with Crippen LogP contribution in [0, 0.1) is 13.8 Å². The van der Waals surface area contributed by atoms with Crippen LogP contribution in [0.15, 0.2) is 18.2 Å². The fourth-order valence-electron chi connectivity index (χ4n) is 3.62. The maximum absolute atomic E-state index is 13.1. The van der Waals surface area contributed by atoms with Crippen molar-refractivity contribution < 1.29 is 34.4 Å².